The number of hydrogen-bond acceptors (Lipinski definition) is 4. The van der Waals surface area contributed by atoms with Gasteiger partial charge in [-0.25, -0.2) is 4.98 Å². The fourth-order valence-corrected chi connectivity index (χ4v) is 1.78. The van der Waals surface area contributed by atoms with Gasteiger partial charge in [0.15, 0.2) is 0 Å². The first kappa shape index (κ1) is 14.0. The maximum Gasteiger partial charge on any atom is 0.255 e. The zero-order chi connectivity index (χ0) is 14.4. The third-order valence-electron chi connectivity index (χ3n) is 2.69. The second-order valence-corrected chi connectivity index (χ2v) is 4.51. The second-order valence-electron chi connectivity index (χ2n) is 4.51. The Morgan fingerprint density at radius 3 is 2.90 bits per heavy atom. The number of pyridine rings is 2. The Labute approximate surface area is 118 Å². The van der Waals surface area contributed by atoms with Crippen LogP contribution in [-0.4, -0.2) is 22.4 Å². The molecule has 0 atom stereocenters. The van der Waals surface area contributed by atoms with E-state index in [1.165, 1.54) is 0 Å². The summed E-state index contributed by atoms with van der Waals surface area (Å²) in [7, 11) is 0. The SMILES string of the molecule is CCCNc1cc(C(=O)Nc2cccnc2)cc(C)n1. The van der Waals surface area contributed by atoms with E-state index < -0.39 is 0 Å². The Balaban J connectivity index is 2.15. The average molecular weight is 270 g/mol. The minimum atomic E-state index is -0.164. The van der Waals surface area contributed by atoms with Crippen molar-refractivity contribution in [1.82, 2.24) is 9.97 Å². The van der Waals surface area contributed by atoms with Crippen molar-refractivity contribution in [3.63, 3.8) is 0 Å². The molecule has 0 radical (unpaired) electrons. The molecule has 0 fully saturated rings. The predicted octanol–water partition coefficient (Wildman–Crippen LogP) is 2.86. The van der Waals surface area contributed by atoms with E-state index in [0.29, 0.717) is 11.3 Å². The number of carbonyl (C=O) groups is 1. The number of amides is 1. The van der Waals surface area contributed by atoms with Crippen LogP contribution in [-0.2, 0) is 0 Å². The lowest BCUT2D eigenvalue weighted by molar-refractivity contribution is 0.102. The molecule has 5 nitrogen and oxygen atoms in total. The third kappa shape index (κ3) is 3.78. The van der Waals surface area contributed by atoms with E-state index in [4.69, 9.17) is 0 Å². The molecule has 2 rings (SSSR count). The fraction of sp³-hybridized carbons (Fsp3) is 0.267. The van der Waals surface area contributed by atoms with Gasteiger partial charge < -0.3 is 10.6 Å². The number of rotatable bonds is 5. The van der Waals surface area contributed by atoms with Crippen LogP contribution in [0.5, 0.6) is 0 Å². The first-order chi connectivity index (χ1) is 9.69. The molecule has 0 aromatic carbocycles. The van der Waals surface area contributed by atoms with Gasteiger partial charge in [-0.05, 0) is 37.6 Å². The molecule has 0 aliphatic carbocycles. The van der Waals surface area contributed by atoms with Crippen LogP contribution in [0.2, 0.25) is 0 Å². The summed E-state index contributed by atoms with van der Waals surface area (Å²) in [5, 5.41) is 6.00. The first-order valence-corrected chi connectivity index (χ1v) is 6.63. The van der Waals surface area contributed by atoms with Gasteiger partial charge in [0.1, 0.15) is 5.82 Å². The fourth-order valence-electron chi connectivity index (χ4n) is 1.78. The zero-order valence-corrected chi connectivity index (χ0v) is 11.7. The maximum absolute atomic E-state index is 12.2. The summed E-state index contributed by atoms with van der Waals surface area (Å²) >= 11 is 0. The van der Waals surface area contributed by atoms with Crippen LogP contribution >= 0.6 is 0 Å². The van der Waals surface area contributed by atoms with Gasteiger partial charge in [-0.15, -0.1) is 0 Å². The van der Waals surface area contributed by atoms with Crippen LogP contribution in [0.15, 0.2) is 36.7 Å². The molecule has 0 aliphatic rings. The molecule has 104 valence electrons. The molecule has 0 aliphatic heterocycles. The number of anilines is 2. The number of aryl methyl sites for hydroxylation is 1. The molecule has 1 amide bonds. The van der Waals surface area contributed by atoms with Crippen molar-refractivity contribution in [2.24, 2.45) is 0 Å². The summed E-state index contributed by atoms with van der Waals surface area (Å²) in [6.07, 6.45) is 4.29. The van der Waals surface area contributed by atoms with Gasteiger partial charge in [0.25, 0.3) is 5.91 Å². The average Bonchev–Trinajstić information content (AvgIpc) is 2.45. The molecule has 0 saturated heterocycles. The summed E-state index contributed by atoms with van der Waals surface area (Å²) in [6, 6.07) is 7.11. The molecule has 0 bridgehead atoms. The van der Waals surface area contributed by atoms with Gasteiger partial charge in [0, 0.05) is 24.0 Å². The van der Waals surface area contributed by atoms with E-state index in [-0.39, 0.29) is 5.91 Å². The van der Waals surface area contributed by atoms with Crippen molar-refractivity contribution in [3.05, 3.63) is 47.9 Å². The molecule has 2 N–H and O–H groups in total. The predicted molar refractivity (Wildman–Crippen MR) is 79.9 cm³/mol. The van der Waals surface area contributed by atoms with Crippen molar-refractivity contribution in [2.45, 2.75) is 20.3 Å². The van der Waals surface area contributed by atoms with Gasteiger partial charge in [0.2, 0.25) is 0 Å². The van der Waals surface area contributed by atoms with Crippen molar-refractivity contribution in [2.75, 3.05) is 17.2 Å². The topological polar surface area (TPSA) is 66.9 Å². The van der Waals surface area contributed by atoms with Crippen LogP contribution in [0.3, 0.4) is 0 Å². The molecular weight excluding hydrogens is 252 g/mol. The Bertz CT molecular complexity index is 584. The minimum absolute atomic E-state index is 0.164. The lowest BCUT2D eigenvalue weighted by Gasteiger charge is -2.09. The molecule has 5 heteroatoms. The highest BCUT2D eigenvalue weighted by Crippen LogP contribution is 2.13. The highest BCUT2D eigenvalue weighted by atomic mass is 16.1. The van der Waals surface area contributed by atoms with Crippen molar-refractivity contribution >= 4 is 17.4 Å². The van der Waals surface area contributed by atoms with Gasteiger partial charge in [0.05, 0.1) is 11.9 Å². The molecule has 2 aromatic rings. The third-order valence-corrected chi connectivity index (χ3v) is 2.69. The standard InChI is InChI=1S/C15H18N4O/c1-3-6-17-14-9-12(8-11(2)18-14)15(20)19-13-5-4-7-16-10-13/h4-5,7-10H,3,6H2,1-2H3,(H,17,18)(H,19,20). The van der Waals surface area contributed by atoms with Gasteiger partial charge in [-0.3, -0.25) is 9.78 Å². The van der Waals surface area contributed by atoms with Crippen LogP contribution in [0, 0.1) is 6.92 Å². The number of aromatic nitrogens is 2. The quantitative estimate of drug-likeness (QED) is 0.876. The second kappa shape index (κ2) is 6.65. The van der Waals surface area contributed by atoms with E-state index in [9.17, 15) is 4.79 Å². The molecule has 0 spiro atoms. The Morgan fingerprint density at radius 2 is 2.20 bits per heavy atom. The van der Waals surface area contributed by atoms with Gasteiger partial charge >= 0.3 is 0 Å². The maximum atomic E-state index is 12.2. The largest absolute Gasteiger partial charge is 0.370 e. The Kier molecular flexibility index (Phi) is 4.65. The number of carbonyl (C=O) groups excluding carboxylic acids is 1. The summed E-state index contributed by atoms with van der Waals surface area (Å²) in [4.78, 5) is 20.5. The van der Waals surface area contributed by atoms with Gasteiger partial charge in [-0.1, -0.05) is 6.92 Å². The van der Waals surface area contributed by atoms with E-state index >= 15 is 0 Å². The normalized spacial score (nSPS) is 10.1. The highest BCUT2D eigenvalue weighted by molar-refractivity contribution is 6.04. The van der Waals surface area contributed by atoms with E-state index in [2.05, 4.69) is 27.5 Å². The highest BCUT2D eigenvalue weighted by Gasteiger charge is 2.09. The van der Waals surface area contributed by atoms with Gasteiger partial charge in [-0.2, -0.15) is 0 Å². The monoisotopic (exact) mass is 270 g/mol. The van der Waals surface area contributed by atoms with Crippen molar-refractivity contribution in [3.8, 4) is 0 Å². The Morgan fingerprint density at radius 1 is 1.35 bits per heavy atom. The molecule has 0 unspecified atom stereocenters. The first-order valence-electron chi connectivity index (χ1n) is 6.63. The van der Waals surface area contributed by atoms with Crippen LogP contribution < -0.4 is 10.6 Å². The Hall–Kier alpha value is -2.43. The smallest absolute Gasteiger partial charge is 0.255 e. The van der Waals surface area contributed by atoms with Crippen molar-refractivity contribution < 1.29 is 4.79 Å². The lowest BCUT2D eigenvalue weighted by Crippen LogP contribution is -2.13. The number of hydrogen-bond donors (Lipinski definition) is 2. The van der Waals surface area contributed by atoms with Crippen molar-refractivity contribution in [1.29, 1.82) is 0 Å². The summed E-state index contributed by atoms with van der Waals surface area (Å²) in [5.74, 6) is 0.561. The van der Waals surface area contributed by atoms with Crippen LogP contribution in [0.4, 0.5) is 11.5 Å². The number of nitrogens with one attached hydrogen (secondary N) is 2. The molecular formula is C15H18N4O. The number of nitrogens with zero attached hydrogens (tertiary/aromatic N) is 2. The molecule has 0 saturated carbocycles. The molecule has 20 heavy (non-hydrogen) atoms. The van der Waals surface area contributed by atoms with E-state index in [1.54, 1.807) is 36.7 Å². The lowest BCUT2D eigenvalue weighted by atomic mass is 10.2. The van der Waals surface area contributed by atoms with E-state index in [1.807, 2.05) is 6.92 Å². The van der Waals surface area contributed by atoms with E-state index in [0.717, 1.165) is 24.5 Å². The van der Waals surface area contributed by atoms with Crippen LogP contribution in [0.1, 0.15) is 29.4 Å². The summed E-state index contributed by atoms with van der Waals surface area (Å²) in [6.45, 7) is 4.79. The minimum Gasteiger partial charge on any atom is -0.370 e. The summed E-state index contributed by atoms with van der Waals surface area (Å²) in [5.41, 5.74) is 2.07. The molecule has 2 aromatic heterocycles. The zero-order valence-electron chi connectivity index (χ0n) is 11.7. The van der Waals surface area contributed by atoms with Crippen LogP contribution in [0.25, 0.3) is 0 Å². The molecule has 2 heterocycles. The summed E-state index contributed by atoms with van der Waals surface area (Å²) < 4.78 is 0.